The third-order valence-electron chi connectivity index (χ3n) is 4.26. The summed E-state index contributed by atoms with van der Waals surface area (Å²) >= 11 is 1.43. The maximum Gasteiger partial charge on any atom is 0.326 e. The van der Waals surface area contributed by atoms with E-state index in [9.17, 15) is 29.1 Å². The number of carboxylic acids is 1. The number of carboxylic acid groups (broad SMARTS) is 1. The number of aliphatic carboxylic acids is 1. The van der Waals surface area contributed by atoms with Gasteiger partial charge in [-0.1, -0.05) is 0 Å². The first-order valence-corrected chi connectivity index (χ1v) is 11.3. The molecule has 4 unspecified atom stereocenters. The minimum absolute atomic E-state index is 0.207. The fourth-order valence-corrected chi connectivity index (χ4v) is 2.99. The summed E-state index contributed by atoms with van der Waals surface area (Å²) < 4.78 is 0. The zero-order valence-corrected chi connectivity index (χ0v) is 18.7. The van der Waals surface area contributed by atoms with Crippen LogP contribution in [0.3, 0.4) is 0 Å². The van der Waals surface area contributed by atoms with E-state index in [0.29, 0.717) is 25.1 Å². The lowest BCUT2D eigenvalue weighted by atomic mass is 10.1. The van der Waals surface area contributed by atoms with E-state index in [4.69, 9.17) is 17.2 Å². The molecule has 4 amide bonds. The van der Waals surface area contributed by atoms with Gasteiger partial charge in [0.1, 0.15) is 18.1 Å². The molecular weight excluding hydrogens is 428 g/mol. The van der Waals surface area contributed by atoms with Crippen molar-refractivity contribution in [2.75, 3.05) is 18.6 Å². The van der Waals surface area contributed by atoms with Crippen molar-refractivity contribution in [3.05, 3.63) is 0 Å². The summed E-state index contributed by atoms with van der Waals surface area (Å²) in [7, 11) is 0. The number of primary amides is 1. The van der Waals surface area contributed by atoms with Gasteiger partial charge in [0.25, 0.3) is 0 Å². The molecule has 178 valence electrons. The van der Waals surface area contributed by atoms with E-state index in [0.717, 1.165) is 0 Å². The van der Waals surface area contributed by atoms with Crippen LogP contribution in [0.5, 0.6) is 0 Å². The third-order valence-corrected chi connectivity index (χ3v) is 4.90. The quantitative estimate of drug-likeness (QED) is 0.122. The first-order chi connectivity index (χ1) is 14.5. The summed E-state index contributed by atoms with van der Waals surface area (Å²) in [6.07, 6.45) is 2.92. The van der Waals surface area contributed by atoms with E-state index < -0.39 is 60.2 Å². The number of unbranched alkanes of at least 4 members (excludes halogenated alkanes) is 1. The summed E-state index contributed by atoms with van der Waals surface area (Å²) in [4.78, 5) is 59.7. The Kier molecular flexibility index (Phi) is 14.2. The summed E-state index contributed by atoms with van der Waals surface area (Å²) in [5.41, 5.74) is 16.1. The lowest BCUT2D eigenvalue weighted by molar-refractivity contribution is -0.143. The molecule has 0 aromatic heterocycles. The molecule has 0 fully saturated rings. The van der Waals surface area contributed by atoms with Crippen LogP contribution in [0.1, 0.15) is 39.0 Å². The van der Waals surface area contributed by atoms with Gasteiger partial charge < -0.3 is 38.3 Å². The number of carbonyl (C=O) groups is 5. The molecule has 0 saturated heterocycles. The average molecular weight is 463 g/mol. The van der Waals surface area contributed by atoms with Crippen molar-refractivity contribution in [3.8, 4) is 0 Å². The molecule has 0 aromatic rings. The van der Waals surface area contributed by atoms with Crippen molar-refractivity contribution in [1.82, 2.24) is 16.0 Å². The average Bonchev–Trinajstić information content (AvgIpc) is 2.68. The van der Waals surface area contributed by atoms with Gasteiger partial charge in [0.05, 0.1) is 12.5 Å². The van der Waals surface area contributed by atoms with Crippen molar-refractivity contribution >= 4 is 41.4 Å². The number of hydrogen-bond acceptors (Lipinski definition) is 8. The highest BCUT2D eigenvalue weighted by molar-refractivity contribution is 7.98. The van der Waals surface area contributed by atoms with Gasteiger partial charge in [-0.05, 0) is 51.2 Å². The van der Waals surface area contributed by atoms with Crippen LogP contribution in [0.25, 0.3) is 0 Å². The Morgan fingerprint density at radius 3 is 1.87 bits per heavy atom. The summed E-state index contributed by atoms with van der Waals surface area (Å²) in [6, 6.07) is -4.35. The lowest BCUT2D eigenvalue weighted by Crippen LogP contribution is -2.57. The Labute approximate surface area is 185 Å². The van der Waals surface area contributed by atoms with Gasteiger partial charge in [-0.25, -0.2) is 4.79 Å². The Morgan fingerprint density at radius 2 is 1.42 bits per heavy atom. The fraction of sp³-hybridized carbons (Fsp3) is 0.722. The van der Waals surface area contributed by atoms with Gasteiger partial charge in [0.2, 0.25) is 23.6 Å². The SMILES string of the molecule is CSCCC(NC(=O)C(CCCCN)NC(=O)C(C)N)C(=O)NC(CC(N)=O)C(=O)O. The predicted octanol–water partition coefficient (Wildman–Crippen LogP) is -2.37. The van der Waals surface area contributed by atoms with Crippen LogP contribution in [-0.2, 0) is 24.0 Å². The number of carbonyl (C=O) groups excluding carboxylic acids is 4. The van der Waals surface area contributed by atoms with E-state index in [2.05, 4.69) is 16.0 Å². The number of rotatable bonds is 16. The molecule has 10 N–H and O–H groups in total. The van der Waals surface area contributed by atoms with Crippen LogP contribution >= 0.6 is 11.8 Å². The standard InChI is InChI=1S/C18H34N6O6S/c1-10(20)15(26)22-11(5-3-4-7-19)16(27)23-12(6-8-31-2)17(28)24-13(18(29)30)9-14(21)25/h10-13H,3-9,19-20H2,1-2H3,(H2,21,25)(H,22,26)(H,23,27)(H,24,28)(H,29,30). The van der Waals surface area contributed by atoms with Gasteiger partial charge in [-0.15, -0.1) is 0 Å². The molecule has 0 rings (SSSR count). The first-order valence-electron chi connectivity index (χ1n) is 9.90. The van der Waals surface area contributed by atoms with E-state index in [1.807, 2.05) is 6.26 Å². The highest BCUT2D eigenvalue weighted by Gasteiger charge is 2.30. The van der Waals surface area contributed by atoms with Gasteiger partial charge in [-0.3, -0.25) is 19.2 Å². The highest BCUT2D eigenvalue weighted by Crippen LogP contribution is 2.06. The zero-order chi connectivity index (χ0) is 24.0. The second-order valence-electron chi connectivity index (χ2n) is 7.05. The van der Waals surface area contributed by atoms with E-state index >= 15 is 0 Å². The van der Waals surface area contributed by atoms with E-state index in [1.165, 1.54) is 18.7 Å². The minimum Gasteiger partial charge on any atom is -0.480 e. The van der Waals surface area contributed by atoms with Crippen LogP contribution in [0.15, 0.2) is 0 Å². The molecule has 4 atom stereocenters. The Morgan fingerprint density at radius 1 is 0.903 bits per heavy atom. The zero-order valence-electron chi connectivity index (χ0n) is 17.9. The van der Waals surface area contributed by atoms with E-state index in [-0.39, 0.29) is 12.8 Å². The van der Waals surface area contributed by atoms with Gasteiger partial charge in [0.15, 0.2) is 0 Å². The predicted molar refractivity (Wildman–Crippen MR) is 117 cm³/mol. The van der Waals surface area contributed by atoms with Crippen LogP contribution < -0.4 is 33.2 Å². The Balaban J connectivity index is 5.36. The second-order valence-corrected chi connectivity index (χ2v) is 8.03. The molecule has 12 nitrogen and oxygen atoms in total. The van der Waals surface area contributed by atoms with Crippen LogP contribution in [-0.4, -0.2) is 77.4 Å². The molecule has 0 aromatic carbocycles. The van der Waals surface area contributed by atoms with Gasteiger partial charge in [-0.2, -0.15) is 11.8 Å². The van der Waals surface area contributed by atoms with Crippen LogP contribution in [0, 0.1) is 0 Å². The molecule has 0 bridgehead atoms. The number of hydrogen-bond donors (Lipinski definition) is 7. The van der Waals surface area contributed by atoms with Gasteiger partial charge >= 0.3 is 5.97 Å². The maximum atomic E-state index is 12.8. The number of nitrogens with two attached hydrogens (primary N) is 3. The third kappa shape index (κ3) is 12.2. The molecule has 0 radical (unpaired) electrons. The van der Waals surface area contributed by atoms with Crippen molar-refractivity contribution in [3.63, 3.8) is 0 Å². The Hall–Kier alpha value is -2.38. The monoisotopic (exact) mass is 462 g/mol. The van der Waals surface area contributed by atoms with Crippen molar-refractivity contribution in [2.24, 2.45) is 17.2 Å². The van der Waals surface area contributed by atoms with Crippen LogP contribution in [0.2, 0.25) is 0 Å². The lowest BCUT2D eigenvalue weighted by Gasteiger charge is -2.24. The minimum atomic E-state index is -1.52. The number of thioether (sulfide) groups is 1. The van der Waals surface area contributed by atoms with Gasteiger partial charge in [0, 0.05) is 0 Å². The van der Waals surface area contributed by atoms with Crippen molar-refractivity contribution in [2.45, 2.75) is 63.2 Å². The molecule has 0 spiro atoms. The second kappa shape index (κ2) is 15.4. The molecular formula is C18H34N6O6S. The summed E-state index contributed by atoms with van der Waals surface area (Å²) in [5.74, 6) is -3.72. The topological polar surface area (TPSA) is 220 Å². The van der Waals surface area contributed by atoms with Crippen molar-refractivity contribution in [1.29, 1.82) is 0 Å². The van der Waals surface area contributed by atoms with Crippen LogP contribution in [0.4, 0.5) is 0 Å². The maximum absolute atomic E-state index is 12.8. The van der Waals surface area contributed by atoms with E-state index in [1.54, 1.807) is 0 Å². The molecule has 31 heavy (non-hydrogen) atoms. The smallest absolute Gasteiger partial charge is 0.326 e. The largest absolute Gasteiger partial charge is 0.480 e. The normalized spacial score (nSPS) is 14.6. The number of nitrogens with one attached hydrogen (secondary N) is 3. The summed E-state index contributed by atoms with van der Waals surface area (Å²) in [6.45, 7) is 1.90. The number of amides is 4. The molecule has 0 saturated carbocycles. The summed E-state index contributed by atoms with van der Waals surface area (Å²) in [5, 5.41) is 16.5. The molecule has 0 aliphatic rings. The highest BCUT2D eigenvalue weighted by atomic mass is 32.2. The van der Waals surface area contributed by atoms with Crippen molar-refractivity contribution < 1.29 is 29.1 Å². The molecule has 13 heteroatoms. The molecule has 0 heterocycles. The fourth-order valence-electron chi connectivity index (χ4n) is 2.52. The molecule has 0 aliphatic carbocycles. The Bertz CT molecular complexity index is 633. The first kappa shape index (κ1) is 28.6. The molecule has 0 aliphatic heterocycles.